The van der Waals surface area contributed by atoms with Crippen LogP contribution >= 0.6 is 24.4 Å². The zero-order valence-corrected chi connectivity index (χ0v) is 31.8. The standard InChI is InChI=1S/C19H24N2O3S.C17H20N2O3S.C2H6/c1-3-13-24-18(23)20-16(22)19(11-5-4-6-12-19)21(17(20)25)15-9-7-14(2)8-10-15;1-12-6-8-13(9-7-12)19-15(23)18(16(21)22-2)14(20)17(19)10-4-3-5-11-17;1-2/h7-10H,3-6,11-13H2,1-2H3;6-9H,3-5,10-11H2,1-2H3;1-2H3. The molecule has 2 aromatic rings. The monoisotopic (exact) mass is 722 g/mol. The van der Waals surface area contributed by atoms with Gasteiger partial charge in [-0.05, 0) is 94.7 Å². The first kappa shape index (κ1) is 38.9. The van der Waals surface area contributed by atoms with Crippen molar-refractivity contribution in [3.05, 3.63) is 59.7 Å². The van der Waals surface area contributed by atoms with E-state index in [9.17, 15) is 19.2 Å². The van der Waals surface area contributed by atoms with Gasteiger partial charge in [-0.15, -0.1) is 0 Å². The number of hydrogen-bond donors (Lipinski definition) is 0. The van der Waals surface area contributed by atoms with Gasteiger partial charge in [-0.25, -0.2) is 9.59 Å². The van der Waals surface area contributed by atoms with E-state index in [1.807, 2.05) is 92.9 Å². The largest absolute Gasteiger partial charge is 0.452 e. The number of hydrogen-bond acceptors (Lipinski definition) is 8. The van der Waals surface area contributed by atoms with Gasteiger partial charge in [-0.1, -0.05) is 94.7 Å². The van der Waals surface area contributed by atoms with Crippen molar-refractivity contribution >= 4 is 70.0 Å². The van der Waals surface area contributed by atoms with Gasteiger partial charge in [0.25, 0.3) is 11.8 Å². The lowest BCUT2D eigenvalue weighted by Gasteiger charge is -2.39. The number of methoxy groups -OCH3 is 1. The zero-order valence-electron chi connectivity index (χ0n) is 30.2. The first-order valence-corrected chi connectivity index (χ1v) is 18.6. The molecule has 0 N–H and O–H groups in total. The van der Waals surface area contributed by atoms with E-state index in [0.717, 1.165) is 70.8 Å². The molecule has 6 rings (SSSR count). The molecule has 2 spiro atoms. The maximum Gasteiger partial charge on any atom is 0.423 e. The second kappa shape index (κ2) is 16.9. The van der Waals surface area contributed by atoms with Crippen molar-refractivity contribution in [2.45, 2.75) is 116 Å². The van der Waals surface area contributed by atoms with Crippen molar-refractivity contribution in [2.75, 3.05) is 23.5 Å². The molecule has 0 bridgehead atoms. The second-order valence-corrected chi connectivity index (χ2v) is 13.7. The van der Waals surface area contributed by atoms with Gasteiger partial charge in [-0.2, -0.15) is 9.80 Å². The minimum Gasteiger partial charge on any atom is -0.452 e. The molecule has 2 saturated carbocycles. The minimum atomic E-state index is -0.754. The predicted molar refractivity (Wildman–Crippen MR) is 203 cm³/mol. The van der Waals surface area contributed by atoms with Crippen LogP contribution in [0.5, 0.6) is 0 Å². The van der Waals surface area contributed by atoms with Crippen LogP contribution in [0.15, 0.2) is 48.5 Å². The van der Waals surface area contributed by atoms with Gasteiger partial charge < -0.3 is 19.3 Å². The van der Waals surface area contributed by atoms with Gasteiger partial charge in [0.1, 0.15) is 11.1 Å². The molecule has 0 unspecified atom stereocenters. The van der Waals surface area contributed by atoms with E-state index in [4.69, 9.17) is 33.9 Å². The molecule has 2 aliphatic heterocycles. The molecular formula is C38H50N4O6S2. The fraction of sp³-hybridized carbons (Fsp3) is 0.526. The van der Waals surface area contributed by atoms with Gasteiger partial charge in [0.15, 0.2) is 10.2 Å². The number of carbonyl (C=O) groups is 4. The highest BCUT2D eigenvalue weighted by Crippen LogP contribution is 2.45. The quantitative estimate of drug-likeness (QED) is 0.285. The normalized spacial score (nSPS) is 19.2. The van der Waals surface area contributed by atoms with Crippen LogP contribution in [0.4, 0.5) is 21.0 Å². The summed E-state index contributed by atoms with van der Waals surface area (Å²) in [5, 5.41) is 0.449. The Morgan fingerprint density at radius 3 is 1.36 bits per heavy atom. The maximum atomic E-state index is 13.2. The molecule has 50 heavy (non-hydrogen) atoms. The SMILES string of the molecule is CC.CCCOC(=O)N1C(=O)C2(CCCCC2)N(c2ccc(C)cc2)C1=S.COC(=O)N1C(=O)C2(CCCCC2)N(c2ccc(C)cc2)C1=S. The summed E-state index contributed by atoms with van der Waals surface area (Å²) in [5.74, 6) is -0.492. The average molecular weight is 723 g/mol. The lowest BCUT2D eigenvalue weighted by Crippen LogP contribution is -2.51. The Kier molecular flexibility index (Phi) is 13.1. The first-order chi connectivity index (χ1) is 24.0. The number of benzene rings is 2. The van der Waals surface area contributed by atoms with Crippen LogP contribution in [0, 0.1) is 13.8 Å². The molecule has 0 aromatic heterocycles. The number of anilines is 2. The Bertz CT molecular complexity index is 1570. The van der Waals surface area contributed by atoms with Crippen molar-refractivity contribution < 1.29 is 28.7 Å². The molecule has 2 aromatic carbocycles. The smallest absolute Gasteiger partial charge is 0.423 e. The third kappa shape index (κ3) is 7.28. The van der Waals surface area contributed by atoms with E-state index in [0.29, 0.717) is 32.1 Å². The summed E-state index contributed by atoms with van der Waals surface area (Å²) < 4.78 is 9.97. The molecule has 2 aliphatic carbocycles. The highest BCUT2D eigenvalue weighted by atomic mass is 32.1. The minimum absolute atomic E-state index is 0.215. The number of imide groups is 2. The average Bonchev–Trinajstić information content (AvgIpc) is 3.47. The zero-order chi connectivity index (χ0) is 36.6. The van der Waals surface area contributed by atoms with E-state index in [1.165, 1.54) is 7.11 Å². The first-order valence-electron chi connectivity index (χ1n) is 17.8. The van der Waals surface area contributed by atoms with Crippen LogP contribution in [-0.2, 0) is 19.1 Å². The Morgan fingerprint density at radius 1 is 0.660 bits per heavy atom. The third-order valence-electron chi connectivity index (χ3n) is 9.74. The molecule has 4 amide bonds. The lowest BCUT2D eigenvalue weighted by atomic mass is 9.80. The molecule has 4 aliphatic rings. The Labute approximate surface area is 307 Å². The fourth-order valence-corrected chi connectivity index (χ4v) is 8.14. The molecule has 2 heterocycles. The molecule has 0 atom stereocenters. The van der Waals surface area contributed by atoms with Gasteiger partial charge >= 0.3 is 12.2 Å². The van der Waals surface area contributed by atoms with E-state index in [2.05, 4.69) is 0 Å². The topological polar surface area (TPSA) is 99.7 Å². The number of thiocarbonyl (C=S) groups is 2. The Hall–Kier alpha value is -3.90. The van der Waals surface area contributed by atoms with Crippen molar-refractivity contribution in [2.24, 2.45) is 0 Å². The number of aryl methyl sites for hydroxylation is 2. The molecule has 10 nitrogen and oxygen atoms in total. The van der Waals surface area contributed by atoms with E-state index in [-0.39, 0.29) is 28.6 Å². The van der Waals surface area contributed by atoms with Crippen molar-refractivity contribution in [1.29, 1.82) is 0 Å². The van der Waals surface area contributed by atoms with E-state index in [1.54, 1.807) is 0 Å². The van der Waals surface area contributed by atoms with Crippen LogP contribution in [0.3, 0.4) is 0 Å². The van der Waals surface area contributed by atoms with Crippen LogP contribution < -0.4 is 9.80 Å². The summed E-state index contributed by atoms with van der Waals surface area (Å²) in [7, 11) is 1.26. The number of carbonyl (C=O) groups excluding carboxylic acids is 4. The summed E-state index contributed by atoms with van der Waals surface area (Å²) in [6.45, 7) is 10.2. The van der Waals surface area contributed by atoms with Gasteiger partial charge in [0.2, 0.25) is 0 Å². The van der Waals surface area contributed by atoms with Gasteiger partial charge in [0, 0.05) is 11.4 Å². The maximum absolute atomic E-state index is 13.2. The highest BCUT2D eigenvalue weighted by Gasteiger charge is 2.59. The van der Waals surface area contributed by atoms with Crippen LogP contribution in [0.25, 0.3) is 0 Å². The second-order valence-electron chi connectivity index (χ2n) is 13.0. The third-order valence-corrected chi connectivity index (χ3v) is 10.5. The van der Waals surface area contributed by atoms with Crippen molar-refractivity contribution in [1.82, 2.24) is 9.80 Å². The van der Waals surface area contributed by atoms with Gasteiger partial charge in [0.05, 0.1) is 13.7 Å². The van der Waals surface area contributed by atoms with Crippen LogP contribution in [0.1, 0.15) is 103 Å². The molecule has 0 radical (unpaired) electrons. The number of nitrogens with zero attached hydrogens (tertiary/aromatic N) is 4. The van der Waals surface area contributed by atoms with Crippen molar-refractivity contribution in [3.63, 3.8) is 0 Å². The number of amides is 4. The fourth-order valence-electron chi connectivity index (χ4n) is 7.27. The number of ether oxygens (including phenoxy) is 2. The lowest BCUT2D eigenvalue weighted by molar-refractivity contribution is -0.131. The molecule has 4 fully saturated rings. The summed E-state index contributed by atoms with van der Waals surface area (Å²) >= 11 is 11.0. The molecule has 270 valence electrons. The molecule has 2 saturated heterocycles. The van der Waals surface area contributed by atoms with Crippen LogP contribution in [0.2, 0.25) is 0 Å². The number of rotatable bonds is 4. The summed E-state index contributed by atoms with van der Waals surface area (Å²) in [5.41, 5.74) is 2.47. The van der Waals surface area contributed by atoms with Gasteiger partial charge in [-0.3, -0.25) is 9.59 Å². The summed E-state index contributed by atoms with van der Waals surface area (Å²) in [6, 6.07) is 15.8. The Morgan fingerprint density at radius 2 is 1.02 bits per heavy atom. The molecular weight excluding hydrogens is 673 g/mol. The summed E-state index contributed by atoms with van der Waals surface area (Å²) in [4.78, 5) is 56.6. The van der Waals surface area contributed by atoms with Crippen LogP contribution in [-0.4, -0.2) is 68.8 Å². The predicted octanol–water partition coefficient (Wildman–Crippen LogP) is 8.60. The van der Waals surface area contributed by atoms with E-state index < -0.39 is 23.3 Å². The molecule has 12 heteroatoms. The highest BCUT2D eigenvalue weighted by molar-refractivity contribution is 7.80. The Balaban J connectivity index is 0.000000215. The van der Waals surface area contributed by atoms with E-state index >= 15 is 0 Å². The summed E-state index contributed by atoms with van der Waals surface area (Å²) in [6.07, 6.45) is 8.16. The van der Waals surface area contributed by atoms with Crippen molar-refractivity contribution in [3.8, 4) is 0 Å².